The van der Waals surface area contributed by atoms with E-state index < -0.39 is 5.91 Å². The van der Waals surface area contributed by atoms with Crippen molar-refractivity contribution in [1.82, 2.24) is 10.6 Å². The highest BCUT2D eigenvalue weighted by Gasteiger charge is 2.02. The number of aliphatic imine (C=N–C) groups is 1. The van der Waals surface area contributed by atoms with Gasteiger partial charge in [-0.25, -0.2) is 4.99 Å². The molecule has 0 fully saturated rings. The van der Waals surface area contributed by atoms with Crippen molar-refractivity contribution < 1.29 is 4.79 Å². The zero-order valence-corrected chi connectivity index (χ0v) is 15.0. The second kappa shape index (κ2) is 9.69. The number of halogens is 1. The van der Waals surface area contributed by atoms with Gasteiger partial charge in [0.05, 0.1) is 6.54 Å². The maximum absolute atomic E-state index is 11.2. The van der Waals surface area contributed by atoms with E-state index in [-0.39, 0.29) is 0 Å². The first-order valence-electron chi connectivity index (χ1n) is 8.24. The standard InChI is InChI=1S/C19H23ClN4O/c1-2-22-19(23-11-10-14-6-8-17(20)9-7-14)24-13-15-4-3-5-16(12-15)18(21)25/h3-9,12H,2,10-11,13H2,1H3,(H2,21,25)(H2,22,23,24). The fourth-order valence-electron chi connectivity index (χ4n) is 2.31. The van der Waals surface area contributed by atoms with E-state index in [1.807, 2.05) is 43.3 Å². The van der Waals surface area contributed by atoms with Crippen LogP contribution in [-0.4, -0.2) is 25.0 Å². The average molecular weight is 359 g/mol. The molecule has 25 heavy (non-hydrogen) atoms. The number of benzene rings is 2. The molecular weight excluding hydrogens is 336 g/mol. The maximum Gasteiger partial charge on any atom is 0.248 e. The van der Waals surface area contributed by atoms with Crippen LogP contribution in [0.1, 0.15) is 28.4 Å². The number of nitrogens with zero attached hydrogens (tertiary/aromatic N) is 1. The molecule has 0 aromatic heterocycles. The molecule has 4 N–H and O–H groups in total. The summed E-state index contributed by atoms with van der Waals surface area (Å²) in [6.45, 7) is 4.02. The number of hydrogen-bond donors (Lipinski definition) is 3. The van der Waals surface area contributed by atoms with E-state index in [1.165, 1.54) is 5.56 Å². The molecule has 0 aliphatic heterocycles. The van der Waals surface area contributed by atoms with E-state index in [9.17, 15) is 4.79 Å². The van der Waals surface area contributed by atoms with Crippen molar-refractivity contribution in [3.63, 3.8) is 0 Å². The number of hydrogen-bond acceptors (Lipinski definition) is 2. The number of carbonyl (C=O) groups is 1. The lowest BCUT2D eigenvalue weighted by molar-refractivity contribution is 0.1000. The SMILES string of the molecule is CCNC(=NCc1cccc(C(N)=O)c1)NCCc1ccc(Cl)cc1. The average Bonchev–Trinajstić information content (AvgIpc) is 2.61. The smallest absolute Gasteiger partial charge is 0.248 e. The number of guanidine groups is 1. The lowest BCUT2D eigenvalue weighted by Crippen LogP contribution is -2.38. The van der Waals surface area contributed by atoms with Crippen LogP contribution in [0.2, 0.25) is 5.02 Å². The highest BCUT2D eigenvalue weighted by atomic mass is 35.5. The van der Waals surface area contributed by atoms with Crippen molar-refractivity contribution >= 4 is 23.5 Å². The molecular formula is C19H23ClN4O. The third-order valence-electron chi connectivity index (χ3n) is 3.59. The fourth-order valence-corrected chi connectivity index (χ4v) is 2.44. The van der Waals surface area contributed by atoms with Crippen molar-refractivity contribution in [3.05, 3.63) is 70.2 Å². The zero-order chi connectivity index (χ0) is 18.1. The molecule has 2 aromatic carbocycles. The van der Waals surface area contributed by atoms with Gasteiger partial charge in [0.15, 0.2) is 5.96 Å². The molecule has 2 rings (SSSR count). The van der Waals surface area contributed by atoms with Crippen LogP contribution < -0.4 is 16.4 Å². The molecule has 0 aliphatic rings. The third-order valence-corrected chi connectivity index (χ3v) is 3.85. The normalized spacial score (nSPS) is 11.2. The molecule has 6 heteroatoms. The van der Waals surface area contributed by atoms with Gasteiger partial charge in [-0.05, 0) is 48.7 Å². The van der Waals surface area contributed by atoms with Crippen molar-refractivity contribution in [2.45, 2.75) is 19.9 Å². The Morgan fingerprint density at radius 2 is 1.88 bits per heavy atom. The Hall–Kier alpha value is -2.53. The summed E-state index contributed by atoms with van der Waals surface area (Å²) in [5.41, 5.74) is 7.95. The zero-order valence-electron chi connectivity index (χ0n) is 14.3. The van der Waals surface area contributed by atoms with Gasteiger partial charge < -0.3 is 16.4 Å². The van der Waals surface area contributed by atoms with Gasteiger partial charge in [0.25, 0.3) is 0 Å². The second-order valence-electron chi connectivity index (χ2n) is 5.56. The number of carbonyl (C=O) groups excluding carboxylic acids is 1. The number of rotatable bonds is 7. The molecule has 1 amide bonds. The molecule has 0 aliphatic carbocycles. The van der Waals surface area contributed by atoms with Gasteiger partial charge in [0, 0.05) is 23.7 Å². The van der Waals surface area contributed by atoms with E-state index in [4.69, 9.17) is 17.3 Å². The van der Waals surface area contributed by atoms with Crippen molar-refractivity contribution in [3.8, 4) is 0 Å². The molecule has 132 valence electrons. The molecule has 2 aromatic rings. The molecule has 0 saturated heterocycles. The predicted molar refractivity (Wildman–Crippen MR) is 103 cm³/mol. The van der Waals surface area contributed by atoms with E-state index in [0.29, 0.717) is 12.1 Å². The Balaban J connectivity index is 1.92. The van der Waals surface area contributed by atoms with Gasteiger partial charge in [-0.15, -0.1) is 0 Å². The summed E-state index contributed by atoms with van der Waals surface area (Å²) in [5.74, 6) is 0.305. The van der Waals surface area contributed by atoms with Crippen LogP contribution in [0.25, 0.3) is 0 Å². The van der Waals surface area contributed by atoms with Crippen LogP contribution in [0, 0.1) is 0 Å². The first-order valence-corrected chi connectivity index (χ1v) is 8.61. The van der Waals surface area contributed by atoms with Gasteiger partial charge in [-0.1, -0.05) is 35.9 Å². The number of amides is 1. The fraction of sp³-hybridized carbons (Fsp3) is 0.263. The summed E-state index contributed by atoms with van der Waals surface area (Å²) >= 11 is 5.89. The van der Waals surface area contributed by atoms with Crippen LogP contribution in [-0.2, 0) is 13.0 Å². The summed E-state index contributed by atoms with van der Waals surface area (Å²) < 4.78 is 0. The Kier molecular flexibility index (Phi) is 7.29. The Morgan fingerprint density at radius 1 is 1.12 bits per heavy atom. The lowest BCUT2D eigenvalue weighted by Gasteiger charge is -2.11. The Bertz CT molecular complexity index is 728. The minimum Gasteiger partial charge on any atom is -0.366 e. The largest absolute Gasteiger partial charge is 0.366 e. The number of primary amides is 1. The van der Waals surface area contributed by atoms with E-state index in [2.05, 4.69) is 15.6 Å². The minimum absolute atomic E-state index is 0.432. The maximum atomic E-state index is 11.2. The van der Waals surface area contributed by atoms with Gasteiger partial charge in [-0.3, -0.25) is 4.79 Å². The second-order valence-corrected chi connectivity index (χ2v) is 6.00. The topological polar surface area (TPSA) is 79.5 Å². The number of nitrogens with one attached hydrogen (secondary N) is 2. The Morgan fingerprint density at radius 3 is 2.56 bits per heavy atom. The van der Waals surface area contributed by atoms with Crippen LogP contribution in [0.5, 0.6) is 0 Å². The molecule has 0 radical (unpaired) electrons. The van der Waals surface area contributed by atoms with Gasteiger partial charge in [-0.2, -0.15) is 0 Å². The summed E-state index contributed by atoms with van der Waals surface area (Å²) in [5, 5.41) is 7.26. The van der Waals surface area contributed by atoms with Crippen LogP contribution in [0.3, 0.4) is 0 Å². The summed E-state index contributed by atoms with van der Waals surface area (Å²) in [6, 6.07) is 15.0. The van der Waals surface area contributed by atoms with Crippen LogP contribution >= 0.6 is 11.6 Å². The molecule has 5 nitrogen and oxygen atoms in total. The first-order chi connectivity index (χ1) is 12.1. The molecule has 0 bridgehead atoms. The van der Waals surface area contributed by atoms with Crippen LogP contribution in [0.15, 0.2) is 53.5 Å². The minimum atomic E-state index is -0.432. The molecule has 0 saturated carbocycles. The van der Waals surface area contributed by atoms with Gasteiger partial charge in [0.1, 0.15) is 0 Å². The van der Waals surface area contributed by atoms with Gasteiger partial charge in [0.2, 0.25) is 5.91 Å². The molecule has 0 spiro atoms. The van der Waals surface area contributed by atoms with E-state index >= 15 is 0 Å². The summed E-state index contributed by atoms with van der Waals surface area (Å²) in [7, 11) is 0. The van der Waals surface area contributed by atoms with E-state index in [1.54, 1.807) is 12.1 Å². The lowest BCUT2D eigenvalue weighted by atomic mass is 10.1. The third kappa shape index (κ3) is 6.47. The highest BCUT2D eigenvalue weighted by Crippen LogP contribution is 2.09. The van der Waals surface area contributed by atoms with Gasteiger partial charge >= 0.3 is 0 Å². The molecule has 0 unspecified atom stereocenters. The highest BCUT2D eigenvalue weighted by molar-refractivity contribution is 6.30. The first kappa shape index (κ1) is 18.8. The predicted octanol–water partition coefficient (Wildman–Crippen LogP) is 2.74. The molecule has 0 atom stereocenters. The number of nitrogens with two attached hydrogens (primary N) is 1. The summed E-state index contributed by atoms with van der Waals surface area (Å²) in [6.07, 6.45) is 0.874. The molecule has 0 heterocycles. The van der Waals surface area contributed by atoms with Crippen molar-refractivity contribution in [2.24, 2.45) is 10.7 Å². The monoisotopic (exact) mass is 358 g/mol. The van der Waals surface area contributed by atoms with Crippen molar-refractivity contribution in [2.75, 3.05) is 13.1 Å². The van der Waals surface area contributed by atoms with Crippen LogP contribution in [0.4, 0.5) is 0 Å². The Labute approximate surface area is 153 Å². The quantitative estimate of drug-likeness (QED) is 0.526. The van der Waals surface area contributed by atoms with Crippen molar-refractivity contribution in [1.29, 1.82) is 0 Å². The van der Waals surface area contributed by atoms with E-state index in [0.717, 1.165) is 36.1 Å². The summed E-state index contributed by atoms with van der Waals surface area (Å²) in [4.78, 5) is 15.8.